The van der Waals surface area contributed by atoms with Gasteiger partial charge in [-0.1, -0.05) is 25.4 Å². The Labute approximate surface area is 155 Å². The topological polar surface area (TPSA) is 59.6 Å². The van der Waals surface area contributed by atoms with Gasteiger partial charge in [0.2, 0.25) is 0 Å². The van der Waals surface area contributed by atoms with E-state index < -0.39 is 0 Å². The number of ether oxygens (including phenoxy) is 2. The minimum atomic E-state index is -0.135. The maximum atomic E-state index is 12.6. The van der Waals surface area contributed by atoms with E-state index in [-0.39, 0.29) is 11.3 Å². The molecule has 5 nitrogen and oxygen atoms in total. The van der Waals surface area contributed by atoms with Crippen LogP contribution in [0, 0.1) is 5.41 Å². The van der Waals surface area contributed by atoms with Crippen LogP contribution in [0.2, 0.25) is 5.02 Å². The summed E-state index contributed by atoms with van der Waals surface area (Å²) in [4.78, 5) is 12.6. The van der Waals surface area contributed by atoms with Gasteiger partial charge in [-0.25, -0.2) is 0 Å². The predicted octanol–water partition coefficient (Wildman–Crippen LogP) is 3.65. The van der Waals surface area contributed by atoms with Crippen LogP contribution in [0.3, 0.4) is 0 Å². The van der Waals surface area contributed by atoms with Crippen molar-refractivity contribution in [3.05, 3.63) is 22.7 Å². The number of carbonyl (C=O) groups is 1. The van der Waals surface area contributed by atoms with Crippen molar-refractivity contribution in [1.82, 2.24) is 10.6 Å². The first-order valence-electron chi connectivity index (χ1n) is 9.07. The van der Waals surface area contributed by atoms with Crippen molar-refractivity contribution in [3.63, 3.8) is 0 Å². The van der Waals surface area contributed by atoms with E-state index in [0.717, 1.165) is 32.4 Å². The molecule has 2 N–H and O–H groups in total. The molecule has 0 unspecified atom stereocenters. The highest BCUT2D eigenvalue weighted by atomic mass is 35.5. The van der Waals surface area contributed by atoms with E-state index in [9.17, 15) is 4.79 Å². The van der Waals surface area contributed by atoms with Gasteiger partial charge in [0, 0.05) is 12.1 Å². The molecule has 0 bridgehead atoms. The smallest absolute Gasteiger partial charge is 0.251 e. The molecule has 1 fully saturated rings. The lowest BCUT2D eigenvalue weighted by Crippen LogP contribution is -2.42. The van der Waals surface area contributed by atoms with Crippen molar-refractivity contribution in [2.75, 3.05) is 32.8 Å². The average molecular weight is 369 g/mol. The molecule has 0 aliphatic carbocycles. The van der Waals surface area contributed by atoms with E-state index in [1.54, 1.807) is 12.1 Å². The van der Waals surface area contributed by atoms with Crippen molar-refractivity contribution in [2.24, 2.45) is 5.41 Å². The Bertz CT molecular complexity index is 586. The molecular weight excluding hydrogens is 340 g/mol. The zero-order valence-electron chi connectivity index (χ0n) is 15.4. The lowest BCUT2D eigenvalue weighted by molar-refractivity contribution is 0.0921. The lowest BCUT2D eigenvalue weighted by atomic mass is 9.81. The molecule has 0 saturated carbocycles. The molecule has 2 rings (SSSR count). The van der Waals surface area contributed by atoms with Crippen LogP contribution in [0.4, 0.5) is 0 Å². The second kappa shape index (κ2) is 9.30. The molecule has 0 atom stereocenters. The second-order valence-corrected chi connectivity index (χ2v) is 7.22. The van der Waals surface area contributed by atoms with Gasteiger partial charge in [0.15, 0.2) is 11.5 Å². The van der Waals surface area contributed by atoms with Crippen LogP contribution in [-0.2, 0) is 0 Å². The van der Waals surface area contributed by atoms with Gasteiger partial charge in [-0.2, -0.15) is 0 Å². The molecule has 6 heteroatoms. The SMILES string of the molecule is CCCOc1c(Cl)cc(C(=O)NCC2(C)CCNCC2)cc1OCC. The number of rotatable bonds is 8. The van der Waals surface area contributed by atoms with Crippen molar-refractivity contribution in [3.8, 4) is 11.5 Å². The Balaban J connectivity index is 2.10. The van der Waals surface area contributed by atoms with E-state index in [2.05, 4.69) is 17.6 Å². The summed E-state index contributed by atoms with van der Waals surface area (Å²) in [6.07, 6.45) is 2.99. The Morgan fingerprint density at radius 3 is 2.64 bits per heavy atom. The average Bonchev–Trinajstić information content (AvgIpc) is 2.60. The molecule has 0 spiro atoms. The van der Waals surface area contributed by atoms with Crippen LogP contribution in [0.1, 0.15) is 50.4 Å². The maximum Gasteiger partial charge on any atom is 0.251 e. The van der Waals surface area contributed by atoms with Crippen molar-refractivity contribution in [2.45, 2.75) is 40.0 Å². The van der Waals surface area contributed by atoms with Gasteiger partial charge in [0.05, 0.1) is 18.2 Å². The maximum absolute atomic E-state index is 12.6. The van der Waals surface area contributed by atoms with Gasteiger partial charge in [0.25, 0.3) is 5.91 Å². The summed E-state index contributed by atoms with van der Waals surface area (Å²) in [5.41, 5.74) is 0.632. The Morgan fingerprint density at radius 2 is 2.00 bits per heavy atom. The normalized spacial score (nSPS) is 16.3. The molecule has 0 aromatic heterocycles. The first-order chi connectivity index (χ1) is 12.0. The van der Waals surface area contributed by atoms with Gasteiger partial charge in [0.1, 0.15) is 0 Å². The largest absolute Gasteiger partial charge is 0.490 e. The summed E-state index contributed by atoms with van der Waals surface area (Å²) in [5, 5.41) is 6.80. The van der Waals surface area contributed by atoms with Crippen LogP contribution in [0.5, 0.6) is 11.5 Å². The standard InChI is InChI=1S/C19H29ClN2O3/c1-4-10-25-17-15(20)11-14(12-16(17)24-5-2)18(23)22-13-19(3)6-8-21-9-7-19/h11-12,21H,4-10,13H2,1-3H3,(H,22,23). The Morgan fingerprint density at radius 1 is 1.28 bits per heavy atom. The number of hydrogen-bond donors (Lipinski definition) is 2. The molecule has 1 saturated heterocycles. The third-order valence-corrected chi connectivity index (χ3v) is 4.79. The van der Waals surface area contributed by atoms with E-state index >= 15 is 0 Å². The highest BCUT2D eigenvalue weighted by Gasteiger charge is 2.27. The van der Waals surface area contributed by atoms with E-state index in [4.69, 9.17) is 21.1 Å². The van der Waals surface area contributed by atoms with Gasteiger partial charge >= 0.3 is 0 Å². The van der Waals surface area contributed by atoms with Crippen LogP contribution in [-0.4, -0.2) is 38.8 Å². The molecule has 0 radical (unpaired) electrons. The van der Waals surface area contributed by atoms with E-state index in [1.807, 2.05) is 13.8 Å². The zero-order chi connectivity index (χ0) is 18.3. The first kappa shape index (κ1) is 19.9. The van der Waals surface area contributed by atoms with Crippen LogP contribution in [0.25, 0.3) is 0 Å². The number of carbonyl (C=O) groups excluding carboxylic acids is 1. The number of halogens is 1. The fourth-order valence-corrected chi connectivity index (χ4v) is 3.17. The molecule has 1 heterocycles. The fraction of sp³-hybridized carbons (Fsp3) is 0.632. The van der Waals surface area contributed by atoms with E-state index in [1.165, 1.54) is 0 Å². The lowest BCUT2D eigenvalue weighted by Gasteiger charge is -2.34. The summed E-state index contributed by atoms with van der Waals surface area (Å²) < 4.78 is 11.3. The van der Waals surface area contributed by atoms with Gasteiger partial charge in [-0.15, -0.1) is 0 Å². The third kappa shape index (κ3) is 5.51. The third-order valence-electron chi connectivity index (χ3n) is 4.51. The molecule has 25 heavy (non-hydrogen) atoms. The number of piperidine rings is 1. The van der Waals surface area contributed by atoms with E-state index in [0.29, 0.717) is 41.8 Å². The van der Waals surface area contributed by atoms with Crippen molar-refractivity contribution < 1.29 is 14.3 Å². The highest BCUT2D eigenvalue weighted by molar-refractivity contribution is 6.32. The van der Waals surface area contributed by atoms with Crippen LogP contribution in [0.15, 0.2) is 12.1 Å². The van der Waals surface area contributed by atoms with Gasteiger partial charge in [-0.3, -0.25) is 4.79 Å². The summed E-state index contributed by atoms with van der Waals surface area (Å²) in [6.45, 7) is 9.82. The number of benzene rings is 1. The minimum Gasteiger partial charge on any atom is -0.490 e. The molecule has 1 aliphatic heterocycles. The number of amides is 1. The Hall–Kier alpha value is -1.46. The first-order valence-corrected chi connectivity index (χ1v) is 9.45. The molecule has 1 aromatic rings. The molecular formula is C19H29ClN2O3. The predicted molar refractivity (Wildman–Crippen MR) is 101 cm³/mol. The molecule has 1 aromatic carbocycles. The van der Waals surface area contributed by atoms with Crippen LogP contribution >= 0.6 is 11.6 Å². The number of nitrogens with one attached hydrogen (secondary N) is 2. The van der Waals surface area contributed by atoms with Crippen LogP contribution < -0.4 is 20.1 Å². The molecule has 1 aliphatic rings. The molecule has 1 amide bonds. The van der Waals surface area contributed by atoms with Crippen molar-refractivity contribution >= 4 is 17.5 Å². The van der Waals surface area contributed by atoms with Gasteiger partial charge in [-0.05, 0) is 56.8 Å². The summed E-state index contributed by atoms with van der Waals surface area (Å²) in [5.74, 6) is 0.888. The second-order valence-electron chi connectivity index (χ2n) is 6.81. The number of hydrogen-bond acceptors (Lipinski definition) is 4. The summed E-state index contributed by atoms with van der Waals surface area (Å²) in [7, 11) is 0. The summed E-state index contributed by atoms with van der Waals surface area (Å²) in [6, 6.07) is 3.36. The fourth-order valence-electron chi connectivity index (χ4n) is 2.91. The van der Waals surface area contributed by atoms with Gasteiger partial charge < -0.3 is 20.1 Å². The highest BCUT2D eigenvalue weighted by Crippen LogP contribution is 2.37. The summed E-state index contributed by atoms with van der Waals surface area (Å²) >= 11 is 6.33. The molecule has 140 valence electrons. The zero-order valence-corrected chi connectivity index (χ0v) is 16.2. The monoisotopic (exact) mass is 368 g/mol. The van der Waals surface area contributed by atoms with Crippen molar-refractivity contribution in [1.29, 1.82) is 0 Å². The minimum absolute atomic E-state index is 0.135. The Kier molecular flexibility index (Phi) is 7.38. The quantitative estimate of drug-likeness (QED) is 0.735.